The molecule has 21 heavy (non-hydrogen) atoms. The van der Waals surface area contributed by atoms with Crippen molar-refractivity contribution in [1.29, 1.82) is 0 Å². The van der Waals surface area contributed by atoms with Crippen molar-refractivity contribution in [3.05, 3.63) is 21.6 Å². The number of carbonyl (C=O) groups excluding carboxylic acids is 1. The molecule has 1 saturated carbocycles. The van der Waals surface area contributed by atoms with Crippen LogP contribution in [0.2, 0.25) is 5.02 Å². The van der Waals surface area contributed by atoms with Crippen molar-refractivity contribution in [2.75, 3.05) is 19.0 Å². The summed E-state index contributed by atoms with van der Waals surface area (Å²) in [7, 11) is 1.26. The first-order chi connectivity index (χ1) is 10.0. The first-order valence-electron chi connectivity index (χ1n) is 7.07. The lowest BCUT2D eigenvalue weighted by molar-refractivity contribution is -0.141. The van der Waals surface area contributed by atoms with E-state index in [1.54, 1.807) is 0 Å². The van der Waals surface area contributed by atoms with Crippen LogP contribution in [0.25, 0.3) is 0 Å². The molecular weight excluding hydrogens is 294 g/mol. The van der Waals surface area contributed by atoms with E-state index in [0.29, 0.717) is 11.1 Å². The van der Waals surface area contributed by atoms with Gasteiger partial charge in [0.1, 0.15) is 11.6 Å². The van der Waals surface area contributed by atoms with Gasteiger partial charge in [0, 0.05) is 6.54 Å². The number of anilines is 1. The Morgan fingerprint density at radius 3 is 2.86 bits per heavy atom. The average Bonchev–Trinajstić information content (AvgIpc) is 3.23. The second-order valence-corrected chi connectivity index (χ2v) is 5.89. The van der Waals surface area contributed by atoms with Gasteiger partial charge in [0.2, 0.25) is 0 Å². The quantitative estimate of drug-likeness (QED) is 0.780. The Morgan fingerprint density at radius 2 is 2.29 bits per heavy atom. The minimum Gasteiger partial charge on any atom is -0.468 e. The molecular formula is C14H20ClN3O3. The minimum atomic E-state index is -0.541. The van der Waals surface area contributed by atoms with Crippen molar-refractivity contribution >= 4 is 23.3 Å². The van der Waals surface area contributed by atoms with E-state index in [0.717, 1.165) is 17.6 Å². The summed E-state index contributed by atoms with van der Waals surface area (Å²) < 4.78 is 5.51. The van der Waals surface area contributed by atoms with E-state index in [-0.39, 0.29) is 11.6 Å². The van der Waals surface area contributed by atoms with Gasteiger partial charge in [-0.1, -0.05) is 24.9 Å². The largest absolute Gasteiger partial charge is 0.468 e. The van der Waals surface area contributed by atoms with Gasteiger partial charge in [-0.2, -0.15) is 5.10 Å². The third kappa shape index (κ3) is 3.75. The fourth-order valence-corrected chi connectivity index (χ4v) is 2.61. The molecule has 0 spiro atoms. The molecule has 0 unspecified atom stereocenters. The first-order valence-corrected chi connectivity index (χ1v) is 7.45. The van der Waals surface area contributed by atoms with Crippen LogP contribution in [0.1, 0.15) is 32.6 Å². The van der Waals surface area contributed by atoms with E-state index in [2.05, 4.69) is 22.1 Å². The minimum absolute atomic E-state index is 0.0567. The molecule has 2 rings (SSSR count). The van der Waals surface area contributed by atoms with Crippen LogP contribution in [-0.2, 0) is 16.1 Å². The van der Waals surface area contributed by atoms with Crippen molar-refractivity contribution in [1.82, 2.24) is 9.78 Å². The van der Waals surface area contributed by atoms with Crippen molar-refractivity contribution in [3.63, 3.8) is 0 Å². The van der Waals surface area contributed by atoms with Gasteiger partial charge in [-0.15, -0.1) is 0 Å². The SMILES string of the molecule is CCCC1(CNc2cnn(CC(=O)OC)c(=O)c2Cl)CC1. The molecule has 1 heterocycles. The highest BCUT2D eigenvalue weighted by Crippen LogP contribution is 2.49. The summed E-state index contributed by atoms with van der Waals surface area (Å²) >= 11 is 6.06. The van der Waals surface area contributed by atoms with Crippen LogP contribution in [0.3, 0.4) is 0 Å². The van der Waals surface area contributed by atoms with Crippen LogP contribution < -0.4 is 10.9 Å². The normalized spacial score (nSPS) is 15.6. The van der Waals surface area contributed by atoms with Gasteiger partial charge < -0.3 is 10.1 Å². The van der Waals surface area contributed by atoms with Gasteiger partial charge in [0.15, 0.2) is 0 Å². The van der Waals surface area contributed by atoms with Gasteiger partial charge in [0.25, 0.3) is 5.56 Å². The van der Waals surface area contributed by atoms with Crippen molar-refractivity contribution in [3.8, 4) is 0 Å². The molecule has 1 N–H and O–H groups in total. The van der Waals surface area contributed by atoms with Crippen molar-refractivity contribution in [2.45, 2.75) is 39.2 Å². The maximum absolute atomic E-state index is 12.0. The summed E-state index contributed by atoms with van der Waals surface area (Å²) in [5.41, 5.74) is 0.372. The van der Waals surface area contributed by atoms with Gasteiger partial charge >= 0.3 is 5.97 Å². The Balaban J connectivity index is 2.06. The smallest absolute Gasteiger partial charge is 0.327 e. The second-order valence-electron chi connectivity index (χ2n) is 5.51. The molecule has 0 aromatic carbocycles. The molecule has 0 bridgehead atoms. The molecule has 1 aromatic heterocycles. The molecule has 0 amide bonds. The molecule has 1 aromatic rings. The Kier molecular flexibility index (Phi) is 4.88. The molecule has 0 radical (unpaired) electrons. The van der Waals surface area contributed by atoms with E-state index in [4.69, 9.17) is 11.6 Å². The van der Waals surface area contributed by atoms with Crippen LogP contribution in [-0.4, -0.2) is 29.4 Å². The number of halogens is 1. The number of nitrogens with one attached hydrogen (secondary N) is 1. The number of aromatic nitrogens is 2. The van der Waals surface area contributed by atoms with Gasteiger partial charge in [-0.3, -0.25) is 9.59 Å². The zero-order valence-corrected chi connectivity index (χ0v) is 13.1. The maximum Gasteiger partial charge on any atom is 0.327 e. The predicted octanol–water partition coefficient (Wildman–Crippen LogP) is 2.06. The molecule has 0 atom stereocenters. The van der Waals surface area contributed by atoms with Crippen molar-refractivity contribution < 1.29 is 9.53 Å². The topological polar surface area (TPSA) is 73.2 Å². The number of hydrogen-bond donors (Lipinski definition) is 1. The Hall–Kier alpha value is -1.56. The molecule has 6 nitrogen and oxygen atoms in total. The highest BCUT2D eigenvalue weighted by atomic mass is 35.5. The number of esters is 1. The summed E-state index contributed by atoms with van der Waals surface area (Å²) in [5, 5.41) is 7.22. The van der Waals surface area contributed by atoms with Gasteiger partial charge in [-0.25, -0.2) is 4.68 Å². The number of ether oxygens (including phenoxy) is 1. The molecule has 1 aliphatic rings. The molecule has 0 aliphatic heterocycles. The Morgan fingerprint density at radius 1 is 1.57 bits per heavy atom. The highest BCUT2D eigenvalue weighted by Gasteiger charge is 2.41. The molecule has 1 aliphatic carbocycles. The summed E-state index contributed by atoms with van der Waals surface area (Å²) in [4.78, 5) is 23.2. The molecule has 116 valence electrons. The highest BCUT2D eigenvalue weighted by molar-refractivity contribution is 6.32. The third-order valence-electron chi connectivity index (χ3n) is 3.88. The lowest BCUT2D eigenvalue weighted by Gasteiger charge is -2.16. The zero-order valence-electron chi connectivity index (χ0n) is 12.3. The Labute approximate surface area is 128 Å². The monoisotopic (exact) mass is 313 g/mol. The fraction of sp³-hybridized carbons (Fsp3) is 0.643. The van der Waals surface area contributed by atoms with Gasteiger partial charge in [0.05, 0.1) is 19.0 Å². The standard InChI is InChI=1S/C14H20ClN3O3/c1-3-4-14(5-6-14)9-16-10-7-17-18(8-11(19)21-2)13(20)12(10)15/h7,16H,3-6,8-9H2,1-2H3. The lowest BCUT2D eigenvalue weighted by atomic mass is 10.0. The van der Waals surface area contributed by atoms with E-state index >= 15 is 0 Å². The van der Waals surface area contributed by atoms with E-state index in [1.165, 1.54) is 32.6 Å². The second kappa shape index (κ2) is 6.47. The summed E-state index contributed by atoms with van der Waals surface area (Å²) in [6.07, 6.45) is 6.21. The van der Waals surface area contributed by atoms with Crippen LogP contribution in [0, 0.1) is 5.41 Å². The average molecular weight is 314 g/mol. The summed E-state index contributed by atoms with van der Waals surface area (Å²) in [6, 6.07) is 0. The van der Waals surface area contributed by atoms with E-state index in [1.807, 2.05) is 0 Å². The van der Waals surface area contributed by atoms with Crippen LogP contribution >= 0.6 is 11.6 Å². The first kappa shape index (κ1) is 15.8. The van der Waals surface area contributed by atoms with Crippen LogP contribution in [0.15, 0.2) is 11.0 Å². The fourth-order valence-electron chi connectivity index (χ4n) is 2.39. The summed E-state index contributed by atoms with van der Waals surface area (Å²) in [5.74, 6) is -0.541. The van der Waals surface area contributed by atoms with Crippen LogP contribution in [0.4, 0.5) is 5.69 Å². The molecule has 1 fully saturated rings. The summed E-state index contributed by atoms with van der Waals surface area (Å²) in [6.45, 7) is 2.72. The predicted molar refractivity (Wildman–Crippen MR) is 80.6 cm³/mol. The molecule has 7 heteroatoms. The van der Waals surface area contributed by atoms with Crippen LogP contribution in [0.5, 0.6) is 0 Å². The number of hydrogen-bond acceptors (Lipinski definition) is 5. The van der Waals surface area contributed by atoms with Gasteiger partial charge in [-0.05, 0) is 24.7 Å². The zero-order chi connectivity index (χ0) is 15.5. The Bertz CT molecular complexity index is 581. The number of rotatable bonds is 7. The number of carbonyl (C=O) groups is 1. The maximum atomic E-state index is 12.0. The van der Waals surface area contributed by atoms with E-state index in [9.17, 15) is 9.59 Å². The van der Waals surface area contributed by atoms with Crippen molar-refractivity contribution in [2.24, 2.45) is 5.41 Å². The molecule has 0 saturated heterocycles. The number of nitrogens with zero attached hydrogens (tertiary/aromatic N) is 2. The van der Waals surface area contributed by atoms with E-state index < -0.39 is 11.5 Å². The lowest BCUT2D eigenvalue weighted by Crippen LogP contribution is -2.28. The third-order valence-corrected chi connectivity index (χ3v) is 4.25. The number of methoxy groups -OCH3 is 1.